The summed E-state index contributed by atoms with van der Waals surface area (Å²) in [4.78, 5) is 17.0. The van der Waals surface area contributed by atoms with Crippen molar-refractivity contribution in [2.75, 3.05) is 19.0 Å². The second-order valence-electron chi connectivity index (χ2n) is 4.12. The summed E-state index contributed by atoms with van der Waals surface area (Å²) in [6.07, 6.45) is 5.19. The molecule has 19 heavy (non-hydrogen) atoms. The van der Waals surface area contributed by atoms with Crippen LogP contribution < -0.4 is 10.1 Å². The van der Waals surface area contributed by atoms with Gasteiger partial charge in [-0.2, -0.15) is 15.0 Å². The Labute approximate surface area is 112 Å². The van der Waals surface area contributed by atoms with E-state index in [-0.39, 0.29) is 0 Å². The molecule has 0 aliphatic heterocycles. The van der Waals surface area contributed by atoms with Gasteiger partial charge in [-0.3, -0.25) is 0 Å². The molecule has 0 radical (unpaired) electrons. The minimum atomic E-state index is 0.317. The lowest BCUT2D eigenvalue weighted by Crippen LogP contribution is -2.10. The van der Waals surface area contributed by atoms with Crippen molar-refractivity contribution in [1.82, 2.24) is 24.5 Å². The first kappa shape index (κ1) is 13.3. The molecule has 0 saturated carbocycles. The Morgan fingerprint density at radius 1 is 1.32 bits per heavy atom. The van der Waals surface area contributed by atoms with E-state index in [9.17, 15) is 0 Å². The van der Waals surface area contributed by atoms with Crippen molar-refractivity contribution in [2.24, 2.45) is 7.05 Å². The average Bonchev–Trinajstić information content (AvgIpc) is 2.81. The molecule has 0 aromatic carbocycles. The number of rotatable bonds is 6. The summed E-state index contributed by atoms with van der Waals surface area (Å²) in [5.41, 5.74) is 0. The molecule has 0 fully saturated rings. The van der Waals surface area contributed by atoms with Crippen LogP contribution in [0, 0.1) is 0 Å². The summed E-state index contributed by atoms with van der Waals surface area (Å²) in [6, 6.07) is 0.317. The summed E-state index contributed by atoms with van der Waals surface area (Å²) < 4.78 is 7.04. The quantitative estimate of drug-likeness (QED) is 0.837. The van der Waals surface area contributed by atoms with Crippen LogP contribution in [0.2, 0.25) is 0 Å². The third-order valence-electron chi connectivity index (χ3n) is 2.61. The highest BCUT2D eigenvalue weighted by Crippen LogP contribution is 2.10. The van der Waals surface area contributed by atoms with Crippen molar-refractivity contribution in [3.8, 4) is 6.01 Å². The fourth-order valence-electron chi connectivity index (χ4n) is 1.59. The molecule has 1 N–H and O–H groups in total. The first-order valence-corrected chi connectivity index (χ1v) is 6.22. The van der Waals surface area contributed by atoms with Gasteiger partial charge in [0.25, 0.3) is 0 Å². The van der Waals surface area contributed by atoms with Crippen LogP contribution in [-0.2, 0) is 13.5 Å². The summed E-state index contributed by atoms with van der Waals surface area (Å²) in [5.74, 6) is 2.08. The van der Waals surface area contributed by atoms with Crippen LogP contribution in [0.1, 0.15) is 25.0 Å². The van der Waals surface area contributed by atoms with Gasteiger partial charge in [0.15, 0.2) is 0 Å². The monoisotopic (exact) mass is 262 g/mol. The number of imidazole rings is 1. The molecule has 2 aromatic heterocycles. The maximum absolute atomic E-state index is 5.10. The summed E-state index contributed by atoms with van der Waals surface area (Å²) in [6.45, 7) is 2.90. The predicted octanol–water partition coefficient (Wildman–Crippen LogP) is 1.03. The Hall–Kier alpha value is -2.18. The highest BCUT2D eigenvalue weighted by molar-refractivity contribution is 5.26. The Bertz CT molecular complexity index is 539. The number of aromatic nitrogens is 5. The second kappa shape index (κ2) is 6.12. The number of hydrogen-bond donors (Lipinski definition) is 1. The van der Waals surface area contributed by atoms with E-state index in [0.717, 1.165) is 18.8 Å². The molecule has 0 spiro atoms. The first-order valence-electron chi connectivity index (χ1n) is 6.22. The summed E-state index contributed by atoms with van der Waals surface area (Å²) in [5, 5.41) is 3.13. The largest absolute Gasteiger partial charge is 0.467 e. The molecule has 102 valence electrons. The van der Waals surface area contributed by atoms with Crippen molar-refractivity contribution >= 4 is 5.95 Å². The molecule has 7 nitrogen and oxygen atoms in total. The standard InChI is InChI=1S/C12H18N6O/c1-4-5-14-11-15-9(16-12(17-11)19-3)8-10-13-6-7-18(10)2/h6-7H,4-5,8H2,1-3H3,(H,14,15,16,17). The Balaban J connectivity index is 2.21. The topological polar surface area (TPSA) is 77.8 Å². The minimum absolute atomic E-state index is 0.317. The molecule has 2 aromatic rings. The normalized spacial score (nSPS) is 10.5. The van der Waals surface area contributed by atoms with Gasteiger partial charge in [-0.1, -0.05) is 6.92 Å². The minimum Gasteiger partial charge on any atom is -0.467 e. The van der Waals surface area contributed by atoms with Gasteiger partial charge >= 0.3 is 6.01 Å². The van der Waals surface area contributed by atoms with E-state index in [1.54, 1.807) is 13.3 Å². The number of methoxy groups -OCH3 is 1. The fourth-order valence-corrected chi connectivity index (χ4v) is 1.59. The van der Waals surface area contributed by atoms with Crippen LogP contribution in [0.25, 0.3) is 0 Å². The molecule has 2 rings (SSSR count). The number of aryl methyl sites for hydroxylation is 1. The molecule has 0 saturated heterocycles. The molecule has 0 aliphatic carbocycles. The van der Waals surface area contributed by atoms with Gasteiger partial charge in [-0.05, 0) is 6.42 Å². The van der Waals surface area contributed by atoms with E-state index in [1.165, 1.54) is 0 Å². The summed E-state index contributed by atoms with van der Waals surface area (Å²) >= 11 is 0. The number of ether oxygens (including phenoxy) is 1. The van der Waals surface area contributed by atoms with Crippen LogP contribution in [0.5, 0.6) is 6.01 Å². The van der Waals surface area contributed by atoms with Crippen LogP contribution >= 0.6 is 0 Å². The van der Waals surface area contributed by atoms with Crippen molar-refractivity contribution in [3.05, 3.63) is 24.0 Å². The predicted molar refractivity (Wildman–Crippen MR) is 71.2 cm³/mol. The van der Waals surface area contributed by atoms with Crippen molar-refractivity contribution < 1.29 is 4.74 Å². The number of nitrogens with one attached hydrogen (secondary N) is 1. The van der Waals surface area contributed by atoms with E-state index in [2.05, 4.69) is 32.2 Å². The maximum Gasteiger partial charge on any atom is 0.321 e. The second-order valence-corrected chi connectivity index (χ2v) is 4.12. The van der Waals surface area contributed by atoms with Crippen LogP contribution in [0.4, 0.5) is 5.95 Å². The van der Waals surface area contributed by atoms with Gasteiger partial charge in [0.1, 0.15) is 11.6 Å². The zero-order chi connectivity index (χ0) is 13.7. The van der Waals surface area contributed by atoms with Gasteiger partial charge in [0.05, 0.1) is 13.5 Å². The highest BCUT2D eigenvalue weighted by atomic mass is 16.5. The first-order chi connectivity index (χ1) is 9.22. The molecular formula is C12H18N6O. The highest BCUT2D eigenvalue weighted by Gasteiger charge is 2.09. The number of anilines is 1. The lowest BCUT2D eigenvalue weighted by Gasteiger charge is -2.07. The molecule has 0 aliphatic rings. The fraction of sp³-hybridized carbons (Fsp3) is 0.500. The molecule has 0 atom stereocenters. The van der Waals surface area contributed by atoms with E-state index in [4.69, 9.17) is 4.74 Å². The van der Waals surface area contributed by atoms with Crippen molar-refractivity contribution in [1.29, 1.82) is 0 Å². The molecule has 7 heteroatoms. The van der Waals surface area contributed by atoms with E-state index in [0.29, 0.717) is 24.2 Å². The smallest absolute Gasteiger partial charge is 0.321 e. The van der Waals surface area contributed by atoms with E-state index >= 15 is 0 Å². The molecule has 0 amide bonds. The molecule has 0 bridgehead atoms. The zero-order valence-corrected chi connectivity index (χ0v) is 11.4. The summed E-state index contributed by atoms with van der Waals surface area (Å²) in [7, 11) is 3.49. The number of hydrogen-bond acceptors (Lipinski definition) is 6. The Morgan fingerprint density at radius 3 is 2.79 bits per heavy atom. The van der Waals surface area contributed by atoms with Gasteiger partial charge in [-0.25, -0.2) is 4.98 Å². The van der Waals surface area contributed by atoms with Gasteiger partial charge in [0, 0.05) is 26.0 Å². The van der Waals surface area contributed by atoms with Gasteiger partial charge < -0.3 is 14.6 Å². The maximum atomic E-state index is 5.10. The molecule has 0 unspecified atom stereocenters. The average molecular weight is 262 g/mol. The molecule has 2 heterocycles. The Kier molecular flexibility index (Phi) is 4.27. The number of nitrogens with zero attached hydrogens (tertiary/aromatic N) is 5. The lowest BCUT2D eigenvalue weighted by molar-refractivity contribution is 0.376. The zero-order valence-electron chi connectivity index (χ0n) is 11.4. The van der Waals surface area contributed by atoms with Gasteiger partial charge in [0.2, 0.25) is 5.95 Å². The van der Waals surface area contributed by atoms with Crippen molar-refractivity contribution in [3.63, 3.8) is 0 Å². The molecular weight excluding hydrogens is 244 g/mol. The van der Waals surface area contributed by atoms with Crippen molar-refractivity contribution in [2.45, 2.75) is 19.8 Å². The lowest BCUT2D eigenvalue weighted by atomic mass is 10.4. The van der Waals surface area contributed by atoms with E-state index < -0.39 is 0 Å². The van der Waals surface area contributed by atoms with E-state index in [1.807, 2.05) is 17.8 Å². The Morgan fingerprint density at radius 2 is 2.16 bits per heavy atom. The third-order valence-corrected chi connectivity index (χ3v) is 2.61. The van der Waals surface area contributed by atoms with Gasteiger partial charge in [-0.15, -0.1) is 0 Å². The third kappa shape index (κ3) is 3.40. The SMILES string of the molecule is CCCNc1nc(Cc2nccn2C)nc(OC)n1. The van der Waals surface area contributed by atoms with Crippen LogP contribution in [-0.4, -0.2) is 38.2 Å². The van der Waals surface area contributed by atoms with Crippen LogP contribution in [0.15, 0.2) is 12.4 Å². The van der Waals surface area contributed by atoms with Crippen LogP contribution in [0.3, 0.4) is 0 Å².